The van der Waals surface area contributed by atoms with Gasteiger partial charge in [0.05, 0.1) is 23.6 Å². The van der Waals surface area contributed by atoms with Crippen LogP contribution in [0.1, 0.15) is 35.1 Å². The van der Waals surface area contributed by atoms with Crippen LogP contribution in [0.25, 0.3) is 0 Å². The number of fused-ring (bicyclic) bond motifs is 1. The molecule has 0 saturated heterocycles. The molecule has 1 aliphatic rings. The van der Waals surface area contributed by atoms with E-state index in [4.69, 9.17) is 4.74 Å². The molecule has 0 radical (unpaired) electrons. The van der Waals surface area contributed by atoms with E-state index in [0.717, 1.165) is 22.6 Å². The normalized spacial score (nSPS) is 18.0. The summed E-state index contributed by atoms with van der Waals surface area (Å²) < 4.78 is 5.38. The van der Waals surface area contributed by atoms with E-state index in [9.17, 15) is 15.2 Å². The molecule has 0 bridgehead atoms. The zero-order chi connectivity index (χ0) is 19.7. The Bertz CT molecular complexity index is 1030. The number of rotatable bonds is 4. The standard InChI is InChI=1S/C22H20N2O4/c1-28-14-10-11-19-18(12-14)17(15-6-3-5-9-22(15)25)13-20(23-19)16-7-2-4-8-21(16)24(26)27/h2-12,17,20,23,25H,13H2,1H3/t17-,20+/m1/s1. The molecule has 28 heavy (non-hydrogen) atoms. The molecule has 6 nitrogen and oxygen atoms in total. The zero-order valence-electron chi connectivity index (χ0n) is 15.3. The third kappa shape index (κ3) is 3.13. The Labute approximate surface area is 162 Å². The number of aromatic hydroxyl groups is 1. The van der Waals surface area contributed by atoms with Crippen molar-refractivity contribution in [3.63, 3.8) is 0 Å². The fourth-order valence-corrected chi connectivity index (χ4v) is 3.93. The summed E-state index contributed by atoms with van der Waals surface area (Å²) in [7, 11) is 1.61. The van der Waals surface area contributed by atoms with Crippen LogP contribution in [0.15, 0.2) is 66.7 Å². The summed E-state index contributed by atoms with van der Waals surface area (Å²) in [6.45, 7) is 0. The van der Waals surface area contributed by atoms with Crippen LogP contribution in [0.5, 0.6) is 11.5 Å². The number of hydrogen-bond donors (Lipinski definition) is 2. The predicted octanol–water partition coefficient (Wildman–Crippen LogP) is 5.00. The van der Waals surface area contributed by atoms with E-state index in [0.29, 0.717) is 12.0 Å². The lowest BCUT2D eigenvalue weighted by Crippen LogP contribution is -2.23. The van der Waals surface area contributed by atoms with Gasteiger partial charge in [-0.3, -0.25) is 10.1 Å². The number of ether oxygens (including phenoxy) is 1. The van der Waals surface area contributed by atoms with Gasteiger partial charge < -0.3 is 15.2 Å². The molecular weight excluding hydrogens is 356 g/mol. The number of para-hydroxylation sites is 2. The fourth-order valence-electron chi connectivity index (χ4n) is 3.93. The number of hydrogen-bond acceptors (Lipinski definition) is 5. The zero-order valence-corrected chi connectivity index (χ0v) is 15.3. The molecule has 0 fully saturated rings. The summed E-state index contributed by atoms with van der Waals surface area (Å²) in [6.07, 6.45) is 0.572. The van der Waals surface area contributed by atoms with Gasteiger partial charge in [0.25, 0.3) is 5.69 Å². The lowest BCUT2D eigenvalue weighted by Gasteiger charge is -2.34. The van der Waals surface area contributed by atoms with Crippen LogP contribution in [0.2, 0.25) is 0 Å². The summed E-state index contributed by atoms with van der Waals surface area (Å²) in [5, 5.41) is 25.4. The van der Waals surface area contributed by atoms with Crippen molar-refractivity contribution < 1.29 is 14.8 Å². The van der Waals surface area contributed by atoms with Crippen LogP contribution in [0.3, 0.4) is 0 Å². The van der Waals surface area contributed by atoms with Crippen molar-refractivity contribution >= 4 is 11.4 Å². The van der Waals surface area contributed by atoms with Crippen molar-refractivity contribution in [3.8, 4) is 11.5 Å². The third-order valence-electron chi connectivity index (χ3n) is 5.26. The Hall–Kier alpha value is -3.54. The van der Waals surface area contributed by atoms with Gasteiger partial charge in [0.15, 0.2) is 0 Å². The van der Waals surface area contributed by atoms with E-state index in [1.807, 2.05) is 36.4 Å². The quantitative estimate of drug-likeness (QED) is 0.494. The van der Waals surface area contributed by atoms with E-state index in [-0.39, 0.29) is 28.3 Å². The van der Waals surface area contributed by atoms with Gasteiger partial charge in [-0.15, -0.1) is 0 Å². The van der Waals surface area contributed by atoms with Gasteiger partial charge in [-0.25, -0.2) is 0 Å². The smallest absolute Gasteiger partial charge is 0.274 e. The highest BCUT2D eigenvalue weighted by Crippen LogP contribution is 2.47. The molecule has 0 saturated carbocycles. The minimum Gasteiger partial charge on any atom is -0.508 e. The SMILES string of the molecule is COc1ccc2c(c1)[C@@H](c1ccccc1O)C[C@@H](c1ccccc1[N+](=O)[O-])N2. The number of nitrogens with zero attached hydrogens (tertiary/aromatic N) is 1. The first-order valence-corrected chi connectivity index (χ1v) is 9.04. The van der Waals surface area contributed by atoms with Crippen LogP contribution in [0, 0.1) is 10.1 Å². The largest absolute Gasteiger partial charge is 0.508 e. The molecule has 3 aromatic carbocycles. The average molecular weight is 376 g/mol. The van der Waals surface area contributed by atoms with Crippen LogP contribution < -0.4 is 10.1 Å². The van der Waals surface area contributed by atoms with Gasteiger partial charge in [0.2, 0.25) is 0 Å². The Morgan fingerprint density at radius 1 is 1.04 bits per heavy atom. The van der Waals surface area contributed by atoms with E-state index in [1.165, 1.54) is 6.07 Å². The number of phenolic OH excluding ortho intramolecular Hbond substituents is 1. The third-order valence-corrected chi connectivity index (χ3v) is 5.26. The number of phenols is 1. The maximum Gasteiger partial charge on any atom is 0.274 e. The van der Waals surface area contributed by atoms with Crippen LogP contribution in [0.4, 0.5) is 11.4 Å². The fraction of sp³-hybridized carbons (Fsp3) is 0.182. The molecule has 0 aliphatic carbocycles. The monoisotopic (exact) mass is 376 g/mol. The number of nitro groups is 1. The van der Waals surface area contributed by atoms with E-state index in [1.54, 1.807) is 31.4 Å². The number of anilines is 1. The van der Waals surface area contributed by atoms with Crippen LogP contribution in [-0.2, 0) is 0 Å². The van der Waals surface area contributed by atoms with Crippen molar-refractivity contribution in [1.82, 2.24) is 0 Å². The number of benzene rings is 3. The maximum atomic E-state index is 11.5. The second kappa shape index (κ2) is 7.23. The second-order valence-corrected chi connectivity index (χ2v) is 6.81. The first kappa shape index (κ1) is 17.9. The molecule has 4 rings (SSSR count). The van der Waals surface area contributed by atoms with Crippen molar-refractivity contribution in [2.45, 2.75) is 18.4 Å². The van der Waals surface area contributed by atoms with Crippen LogP contribution >= 0.6 is 0 Å². The molecule has 0 unspecified atom stereocenters. The van der Waals surface area contributed by atoms with Gasteiger partial charge in [-0.2, -0.15) is 0 Å². The van der Waals surface area contributed by atoms with E-state index < -0.39 is 0 Å². The van der Waals surface area contributed by atoms with Gasteiger partial charge in [-0.05, 0) is 36.2 Å². The molecule has 6 heteroatoms. The number of nitro benzene ring substituents is 1. The maximum absolute atomic E-state index is 11.5. The van der Waals surface area contributed by atoms with Crippen LogP contribution in [-0.4, -0.2) is 17.1 Å². The van der Waals surface area contributed by atoms with Gasteiger partial charge >= 0.3 is 0 Å². The molecule has 0 amide bonds. The van der Waals surface area contributed by atoms with Gasteiger partial charge in [-0.1, -0.05) is 36.4 Å². The molecular formula is C22H20N2O4. The topological polar surface area (TPSA) is 84.6 Å². The Balaban J connectivity index is 1.84. The first-order chi connectivity index (χ1) is 13.6. The Morgan fingerprint density at radius 2 is 1.75 bits per heavy atom. The van der Waals surface area contributed by atoms with Crippen molar-refractivity contribution in [2.24, 2.45) is 0 Å². The molecule has 2 atom stereocenters. The molecule has 0 spiro atoms. The minimum atomic E-state index is -0.352. The van der Waals surface area contributed by atoms with Crippen molar-refractivity contribution in [2.75, 3.05) is 12.4 Å². The molecule has 1 aliphatic heterocycles. The summed E-state index contributed by atoms with van der Waals surface area (Å²) in [4.78, 5) is 11.2. The summed E-state index contributed by atoms with van der Waals surface area (Å²) >= 11 is 0. The molecule has 1 heterocycles. The second-order valence-electron chi connectivity index (χ2n) is 6.81. The van der Waals surface area contributed by atoms with E-state index >= 15 is 0 Å². The highest BCUT2D eigenvalue weighted by Gasteiger charge is 2.33. The van der Waals surface area contributed by atoms with E-state index in [2.05, 4.69) is 5.32 Å². The molecule has 3 aromatic rings. The first-order valence-electron chi connectivity index (χ1n) is 9.04. The average Bonchev–Trinajstić information content (AvgIpc) is 2.73. The number of nitrogens with one attached hydrogen (secondary N) is 1. The van der Waals surface area contributed by atoms with Crippen molar-refractivity contribution in [1.29, 1.82) is 0 Å². The number of methoxy groups -OCH3 is 1. The predicted molar refractivity (Wildman–Crippen MR) is 107 cm³/mol. The summed E-state index contributed by atoms with van der Waals surface area (Å²) in [5.74, 6) is 0.812. The lowest BCUT2D eigenvalue weighted by molar-refractivity contribution is -0.385. The summed E-state index contributed by atoms with van der Waals surface area (Å²) in [6, 6.07) is 19.5. The van der Waals surface area contributed by atoms with Crippen molar-refractivity contribution in [3.05, 3.63) is 93.5 Å². The molecule has 2 N–H and O–H groups in total. The lowest BCUT2D eigenvalue weighted by atomic mass is 9.79. The van der Waals surface area contributed by atoms with Gasteiger partial charge in [0, 0.05) is 23.2 Å². The highest BCUT2D eigenvalue weighted by molar-refractivity contribution is 5.63. The Kier molecular flexibility index (Phi) is 4.61. The highest BCUT2D eigenvalue weighted by atomic mass is 16.6. The van der Waals surface area contributed by atoms with Gasteiger partial charge in [0.1, 0.15) is 11.5 Å². The molecule has 142 valence electrons. The minimum absolute atomic E-state index is 0.0907. The molecule has 0 aromatic heterocycles. The summed E-state index contributed by atoms with van der Waals surface area (Å²) in [5.41, 5.74) is 3.39. The Morgan fingerprint density at radius 3 is 2.46 bits per heavy atom.